The number of thiophene rings is 1. The first-order chi connectivity index (χ1) is 25.3. The van der Waals surface area contributed by atoms with Crippen molar-refractivity contribution in [2.24, 2.45) is 0 Å². The number of fused-ring (bicyclic) bond motifs is 12. The molecular weight excluding hydrogens is 639 g/mol. The predicted octanol–water partition coefficient (Wildman–Crippen LogP) is 11.5. The van der Waals surface area contributed by atoms with Crippen LogP contribution in [0.2, 0.25) is 0 Å². The molecule has 2 aromatic heterocycles. The molecule has 1 spiro atoms. The Morgan fingerprint density at radius 1 is 0.392 bits per heavy atom. The maximum Gasteiger partial charge on any atom is 0.164 e. The quantitative estimate of drug-likeness (QED) is 0.188. The van der Waals surface area contributed by atoms with E-state index in [9.17, 15) is 0 Å². The summed E-state index contributed by atoms with van der Waals surface area (Å²) in [4.78, 5) is 15.5. The van der Waals surface area contributed by atoms with Crippen LogP contribution in [-0.2, 0) is 11.8 Å². The number of aromatic nitrogens is 3. The Hall–Kier alpha value is -6.23. The van der Waals surface area contributed by atoms with Crippen molar-refractivity contribution in [1.82, 2.24) is 15.0 Å². The topological polar surface area (TPSA) is 38.7 Å². The minimum Gasteiger partial charge on any atom is -0.208 e. The second-order valence-electron chi connectivity index (χ2n) is 13.5. The van der Waals surface area contributed by atoms with Crippen LogP contribution >= 0.6 is 11.3 Å². The first kappa shape index (κ1) is 28.6. The van der Waals surface area contributed by atoms with Crippen LogP contribution in [0.1, 0.15) is 33.4 Å². The Labute approximate surface area is 299 Å². The summed E-state index contributed by atoms with van der Waals surface area (Å²) < 4.78 is 2.51. The van der Waals surface area contributed by atoms with Gasteiger partial charge < -0.3 is 0 Å². The fraction of sp³-hybridized carbons (Fsp3) is 0.0426. The van der Waals surface area contributed by atoms with Crippen LogP contribution in [0.3, 0.4) is 0 Å². The first-order valence-electron chi connectivity index (χ1n) is 17.4. The monoisotopic (exact) mass is 667 g/mol. The van der Waals surface area contributed by atoms with Gasteiger partial charge in [-0.25, -0.2) is 15.0 Å². The third-order valence-corrected chi connectivity index (χ3v) is 12.0. The van der Waals surface area contributed by atoms with Gasteiger partial charge in [-0.05, 0) is 69.1 Å². The zero-order valence-electron chi connectivity index (χ0n) is 27.5. The standard InChI is InChI=1S/C47H29N3S/c1-2-12-29(13-3-1)44-48-45(50-46(49-44)33-24-25-37-36-17-7-11-21-42(36)51-43(37)28-33)32-23-22-31-26-30-14-4-8-18-38(30)47(41(31)27-32)39-19-9-5-15-34(39)35-16-6-10-20-40(35)47/h1-25,27-28H,26H2. The van der Waals surface area contributed by atoms with E-state index in [1.807, 2.05) is 29.5 Å². The van der Waals surface area contributed by atoms with E-state index in [-0.39, 0.29) is 0 Å². The van der Waals surface area contributed by atoms with E-state index in [2.05, 4.69) is 146 Å². The fourth-order valence-corrected chi connectivity index (χ4v) is 9.79. The summed E-state index contributed by atoms with van der Waals surface area (Å²) in [5.74, 6) is 2.01. The van der Waals surface area contributed by atoms with Crippen LogP contribution in [0.25, 0.3) is 65.5 Å². The van der Waals surface area contributed by atoms with Crippen molar-refractivity contribution in [3.63, 3.8) is 0 Å². The van der Waals surface area contributed by atoms with E-state index in [0.29, 0.717) is 17.5 Å². The molecule has 0 radical (unpaired) electrons. The summed E-state index contributed by atoms with van der Waals surface area (Å²) in [5.41, 5.74) is 13.1. The van der Waals surface area contributed by atoms with Crippen molar-refractivity contribution >= 4 is 31.5 Å². The van der Waals surface area contributed by atoms with Gasteiger partial charge in [0, 0.05) is 36.9 Å². The third kappa shape index (κ3) is 4.14. The first-order valence-corrected chi connectivity index (χ1v) is 18.2. The third-order valence-electron chi connectivity index (χ3n) is 10.8. The van der Waals surface area contributed by atoms with E-state index in [1.165, 1.54) is 64.7 Å². The molecule has 51 heavy (non-hydrogen) atoms. The highest BCUT2D eigenvalue weighted by molar-refractivity contribution is 7.25. The van der Waals surface area contributed by atoms with Crippen molar-refractivity contribution in [1.29, 1.82) is 0 Å². The predicted molar refractivity (Wildman–Crippen MR) is 209 cm³/mol. The lowest BCUT2D eigenvalue weighted by atomic mass is 9.61. The normalized spacial score (nSPS) is 13.6. The lowest BCUT2D eigenvalue weighted by Gasteiger charge is -2.40. The average molecular weight is 668 g/mol. The second kappa shape index (κ2) is 10.9. The Balaban J connectivity index is 1.15. The minimum atomic E-state index is -0.447. The number of hydrogen-bond donors (Lipinski definition) is 0. The lowest BCUT2D eigenvalue weighted by Crippen LogP contribution is -2.34. The molecule has 238 valence electrons. The molecule has 0 saturated carbocycles. The summed E-state index contributed by atoms with van der Waals surface area (Å²) in [6, 6.07) is 59.2. The Kier molecular flexibility index (Phi) is 6.10. The molecule has 0 bridgehead atoms. The molecule has 7 aromatic carbocycles. The van der Waals surface area contributed by atoms with Gasteiger partial charge in [-0.3, -0.25) is 0 Å². The molecule has 0 unspecified atom stereocenters. The molecule has 2 aliphatic carbocycles. The molecule has 2 heterocycles. The zero-order chi connectivity index (χ0) is 33.5. The number of nitrogens with zero attached hydrogens (tertiary/aromatic N) is 3. The van der Waals surface area contributed by atoms with E-state index in [4.69, 9.17) is 15.0 Å². The van der Waals surface area contributed by atoms with Gasteiger partial charge in [-0.15, -0.1) is 11.3 Å². The van der Waals surface area contributed by atoms with Gasteiger partial charge in [0.05, 0.1) is 5.41 Å². The van der Waals surface area contributed by atoms with Gasteiger partial charge in [0.15, 0.2) is 17.5 Å². The summed E-state index contributed by atoms with van der Waals surface area (Å²) in [5, 5.41) is 2.54. The molecule has 0 aliphatic heterocycles. The van der Waals surface area contributed by atoms with Crippen LogP contribution in [0.4, 0.5) is 0 Å². The largest absolute Gasteiger partial charge is 0.208 e. The van der Waals surface area contributed by atoms with Crippen LogP contribution < -0.4 is 0 Å². The van der Waals surface area contributed by atoms with Crippen LogP contribution in [0.15, 0.2) is 164 Å². The molecule has 3 nitrogen and oxygen atoms in total. The van der Waals surface area contributed by atoms with Gasteiger partial charge in [-0.1, -0.05) is 146 Å². The molecule has 0 amide bonds. The molecule has 0 N–H and O–H groups in total. The SMILES string of the molecule is c1ccc(-c2nc(-c3ccc4c(c3)C3(c5ccccc5C4)c4ccccc4-c4ccccc43)nc(-c3ccc4c(c3)sc3ccccc34)n2)cc1. The zero-order valence-corrected chi connectivity index (χ0v) is 28.4. The maximum absolute atomic E-state index is 5.24. The Bertz CT molecular complexity index is 2810. The van der Waals surface area contributed by atoms with Gasteiger partial charge in [0.25, 0.3) is 0 Å². The van der Waals surface area contributed by atoms with Crippen molar-refractivity contribution in [2.75, 3.05) is 0 Å². The number of benzene rings is 7. The molecule has 11 rings (SSSR count). The molecule has 2 aliphatic rings. The van der Waals surface area contributed by atoms with Crippen LogP contribution in [0.5, 0.6) is 0 Å². The molecule has 4 heteroatoms. The second-order valence-corrected chi connectivity index (χ2v) is 14.6. The average Bonchev–Trinajstić information content (AvgIpc) is 3.72. The van der Waals surface area contributed by atoms with Gasteiger partial charge >= 0.3 is 0 Å². The maximum atomic E-state index is 5.24. The van der Waals surface area contributed by atoms with E-state index in [0.717, 1.165) is 23.1 Å². The molecule has 0 fully saturated rings. The highest BCUT2D eigenvalue weighted by atomic mass is 32.1. The molecule has 0 saturated heterocycles. The van der Waals surface area contributed by atoms with E-state index < -0.39 is 5.41 Å². The van der Waals surface area contributed by atoms with Crippen molar-refractivity contribution < 1.29 is 0 Å². The van der Waals surface area contributed by atoms with Crippen LogP contribution in [0, 0.1) is 0 Å². The fourth-order valence-electron chi connectivity index (χ4n) is 8.64. The summed E-state index contributed by atoms with van der Waals surface area (Å²) in [6.45, 7) is 0. The minimum absolute atomic E-state index is 0.447. The van der Waals surface area contributed by atoms with Crippen molar-refractivity contribution in [2.45, 2.75) is 11.8 Å². The summed E-state index contributed by atoms with van der Waals surface area (Å²) >= 11 is 1.81. The summed E-state index contributed by atoms with van der Waals surface area (Å²) in [7, 11) is 0. The number of rotatable bonds is 3. The highest BCUT2D eigenvalue weighted by Gasteiger charge is 2.49. The van der Waals surface area contributed by atoms with Crippen molar-refractivity contribution in [3.8, 4) is 45.3 Å². The molecular formula is C47H29N3S. The van der Waals surface area contributed by atoms with Gasteiger partial charge in [0.1, 0.15) is 0 Å². The van der Waals surface area contributed by atoms with Crippen molar-refractivity contribution in [3.05, 3.63) is 197 Å². The molecule has 0 atom stereocenters. The Morgan fingerprint density at radius 3 is 1.71 bits per heavy atom. The van der Waals surface area contributed by atoms with Gasteiger partial charge in [0.2, 0.25) is 0 Å². The summed E-state index contributed by atoms with van der Waals surface area (Å²) in [6.07, 6.45) is 0.880. The lowest BCUT2D eigenvalue weighted by molar-refractivity contribution is 0.722. The smallest absolute Gasteiger partial charge is 0.164 e. The molecule has 9 aromatic rings. The van der Waals surface area contributed by atoms with E-state index in [1.54, 1.807) is 0 Å². The van der Waals surface area contributed by atoms with Gasteiger partial charge in [-0.2, -0.15) is 0 Å². The Morgan fingerprint density at radius 2 is 0.941 bits per heavy atom. The number of hydrogen-bond acceptors (Lipinski definition) is 4. The van der Waals surface area contributed by atoms with Crippen LogP contribution in [-0.4, -0.2) is 15.0 Å². The van der Waals surface area contributed by atoms with E-state index >= 15 is 0 Å². The highest BCUT2D eigenvalue weighted by Crippen LogP contribution is 2.59.